The first-order chi connectivity index (χ1) is 8.54. The average molecular weight is 286 g/mol. The van der Waals surface area contributed by atoms with Crippen molar-refractivity contribution in [2.24, 2.45) is 5.92 Å². The Morgan fingerprint density at radius 1 is 0.632 bits per heavy atom. The molecule has 0 rings (SSSR count). The van der Waals surface area contributed by atoms with Crippen molar-refractivity contribution in [3.05, 3.63) is 0 Å². The molecule has 9 nitrogen and oxygen atoms in total. The predicted octanol–water partition coefficient (Wildman–Crippen LogP) is 3.50. The molecule has 0 saturated heterocycles. The van der Waals surface area contributed by atoms with Gasteiger partial charge in [0.2, 0.25) is 0 Å². The third kappa shape index (κ3) is 208. The van der Waals surface area contributed by atoms with Crippen molar-refractivity contribution < 1.29 is 45.0 Å². The van der Waals surface area contributed by atoms with Crippen LogP contribution in [0.15, 0.2) is 0 Å². The Morgan fingerprint density at radius 3 is 0.737 bits per heavy atom. The minimum atomic E-state index is -1.83. The molecule has 0 bridgehead atoms. The van der Waals surface area contributed by atoms with Crippen molar-refractivity contribution in [3.63, 3.8) is 0 Å². The molecule has 0 spiro atoms. The van der Waals surface area contributed by atoms with Crippen LogP contribution >= 0.6 is 0 Å². The molecular formula is C10H22O9. The Hall–Kier alpha value is -2.19. The second-order valence-electron chi connectivity index (χ2n) is 2.94. The van der Waals surface area contributed by atoms with Crippen LogP contribution in [-0.2, 0) is 0 Å². The molecule has 116 valence electrons. The molecular weight excluding hydrogens is 264 g/mol. The van der Waals surface area contributed by atoms with Crippen LogP contribution in [0.5, 0.6) is 0 Å². The van der Waals surface area contributed by atoms with Crippen molar-refractivity contribution in [1.82, 2.24) is 0 Å². The summed E-state index contributed by atoms with van der Waals surface area (Å²) in [6.07, 6.45) is -1.44. The molecule has 6 N–H and O–H groups in total. The van der Waals surface area contributed by atoms with Gasteiger partial charge in [-0.05, 0) is 5.92 Å². The van der Waals surface area contributed by atoms with E-state index in [0.717, 1.165) is 5.92 Å². The van der Waals surface area contributed by atoms with Crippen molar-refractivity contribution in [2.75, 3.05) is 0 Å². The van der Waals surface area contributed by atoms with Crippen LogP contribution in [-0.4, -0.2) is 49.1 Å². The Kier molecular flexibility index (Phi) is 28.5. The Bertz CT molecular complexity index is 177. The molecule has 0 atom stereocenters. The average Bonchev–Trinajstić information content (AvgIpc) is 2.17. The molecule has 0 aliphatic rings. The summed E-state index contributed by atoms with van der Waals surface area (Å²) in [5.41, 5.74) is 0. The second kappa shape index (κ2) is 21.1. The molecule has 0 heterocycles. The number of rotatable bonds is 3. The van der Waals surface area contributed by atoms with E-state index in [-0.39, 0.29) is 0 Å². The Morgan fingerprint density at radius 2 is 0.737 bits per heavy atom. The van der Waals surface area contributed by atoms with Crippen LogP contribution in [0.4, 0.5) is 14.4 Å². The van der Waals surface area contributed by atoms with Gasteiger partial charge in [0.15, 0.2) is 0 Å². The van der Waals surface area contributed by atoms with Crippen LogP contribution in [0, 0.1) is 5.92 Å². The summed E-state index contributed by atoms with van der Waals surface area (Å²) in [7, 11) is 0. The van der Waals surface area contributed by atoms with Crippen molar-refractivity contribution in [1.29, 1.82) is 0 Å². The predicted molar refractivity (Wildman–Crippen MR) is 66.3 cm³/mol. The molecule has 9 heteroatoms. The third-order valence-corrected chi connectivity index (χ3v) is 1.73. The van der Waals surface area contributed by atoms with E-state index >= 15 is 0 Å². The lowest BCUT2D eigenvalue weighted by Crippen LogP contribution is -1.91. The van der Waals surface area contributed by atoms with Crippen molar-refractivity contribution >= 4 is 18.5 Å². The molecule has 0 unspecified atom stereocenters. The molecule has 0 amide bonds. The fourth-order valence-corrected chi connectivity index (χ4v) is 0.866. The summed E-state index contributed by atoms with van der Waals surface area (Å²) >= 11 is 0. The zero-order valence-electron chi connectivity index (χ0n) is 11.1. The second-order valence-corrected chi connectivity index (χ2v) is 2.94. The van der Waals surface area contributed by atoms with Gasteiger partial charge in [-0.3, -0.25) is 0 Å². The van der Waals surface area contributed by atoms with E-state index < -0.39 is 18.5 Å². The van der Waals surface area contributed by atoms with Gasteiger partial charge in [0.25, 0.3) is 0 Å². The van der Waals surface area contributed by atoms with Crippen LogP contribution < -0.4 is 0 Å². The number of hydrogen-bond acceptors (Lipinski definition) is 3. The van der Waals surface area contributed by atoms with E-state index in [4.69, 9.17) is 45.0 Å². The molecule has 0 fully saturated rings. The number of hydrogen-bond donors (Lipinski definition) is 6. The fraction of sp³-hybridized carbons (Fsp3) is 0.700. The summed E-state index contributed by atoms with van der Waals surface area (Å²) in [5, 5.41) is 41.8. The molecule has 19 heavy (non-hydrogen) atoms. The van der Waals surface area contributed by atoms with Crippen LogP contribution in [0.2, 0.25) is 0 Å². The van der Waals surface area contributed by atoms with Gasteiger partial charge in [0.1, 0.15) is 0 Å². The standard InChI is InChI=1S/C7H16.3CH2O3/c1-4-7(5-2)6-3;3*2-1(3)4/h7H,4-6H2,1-3H3;3*(H2,2,3,4). The first-order valence-electron chi connectivity index (χ1n) is 5.30. The maximum atomic E-state index is 8.56. The van der Waals surface area contributed by atoms with Gasteiger partial charge < -0.3 is 30.6 Å². The maximum Gasteiger partial charge on any atom is 0.503 e. The smallest absolute Gasteiger partial charge is 0.450 e. The zero-order chi connectivity index (χ0) is 16.4. The first kappa shape index (κ1) is 25.6. The van der Waals surface area contributed by atoms with Gasteiger partial charge in [0.05, 0.1) is 0 Å². The van der Waals surface area contributed by atoms with Gasteiger partial charge in [-0.25, -0.2) is 14.4 Å². The zero-order valence-corrected chi connectivity index (χ0v) is 11.1. The summed E-state index contributed by atoms with van der Waals surface area (Å²) in [4.78, 5) is 25.7. The lowest BCUT2D eigenvalue weighted by molar-refractivity contribution is 0.135. The van der Waals surface area contributed by atoms with Crippen LogP contribution in [0.3, 0.4) is 0 Å². The van der Waals surface area contributed by atoms with Gasteiger partial charge in [-0.2, -0.15) is 0 Å². The van der Waals surface area contributed by atoms with Crippen molar-refractivity contribution in [2.45, 2.75) is 40.0 Å². The lowest BCUT2D eigenvalue weighted by atomic mass is 10.0. The molecule has 0 saturated carbocycles. The van der Waals surface area contributed by atoms with Gasteiger partial charge in [-0.15, -0.1) is 0 Å². The maximum absolute atomic E-state index is 8.56. The fourth-order valence-electron chi connectivity index (χ4n) is 0.866. The number of carboxylic acid groups (broad SMARTS) is 6. The molecule has 0 aromatic carbocycles. The Labute approximate surface area is 110 Å². The third-order valence-electron chi connectivity index (χ3n) is 1.73. The monoisotopic (exact) mass is 286 g/mol. The minimum absolute atomic E-state index is 0.986. The van der Waals surface area contributed by atoms with E-state index in [2.05, 4.69) is 20.8 Å². The highest BCUT2D eigenvalue weighted by atomic mass is 16.6. The normalized spacial score (nSPS) is 7.58. The minimum Gasteiger partial charge on any atom is -0.450 e. The molecule has 0 aliphatic heterocycles. The Balaban J connectivity index is -0.0000000825. The molecule has 0 aromatic heterocycles. The molecule has 0 radical (unpaired) electrons. The van der Waals surface area contributed by atoms with Crippen LogP contribution in [0.25, 0.3) is 0 Å². The SMILES string of the molecule is CCC(CC)CC.O=C(O)O.O=C(O)O.O=C(O)O. The summed E-state index contributed by atoms with van der Waals surface area (Å²) in [6, 6.07) is 0. The van der Waals surface area contributed by atoms with Crippen LogP contribution in [0.1, 0.15) is 40.0 Å². The molecule has 0 aliphatic carbocycles. The van der Waals surface area contributed by atoms with E-state index in [1.807, 2.05) is 0 Å². The van der Waals surface area contributed by atoms with Gasteiger partial charge in [0, 0.05) is 0 Å². The molecule has 0 aromatic rings. The highest BCUT2D eigenvalue weighted by molar-refractivity contribution is 5.53. The first-order valence-corrected chi connectivity index (χ1v) is 5.30. The van der Waals surface area contributed by atoms with E-state index in [9.17, 15) is 0 Å². The summed E-state index contributed by atoms with van der Waals surface area (Å²) in [5.74, 6) is 0.986. The van der Waals surface area contributed by atoms with Crippen molar-refractivity contribution in [3.8, 4) is 0 Å². The number of carbonyl (C=O) groups is 3. The van der Waals surface area contributed by atoms with E-state index in [1.165, 1.54) is 19.3 Å². The lowest BCUT2D eigenvalue weighted by Gasteiger charge is -2.05. The highest BCUT2D eigenvalue weighted by Crippen LogP contribution is 2.09. The highest BCUT2D eigenvalue weighted by Gasteiger charge is 1.95. The van der Waals surface area contributed by atoms with Gasteiger partial charge in [-0.1, -0.05) is 40.0 Å². The summed E-state index contributed by atoms with van der Waals surface area (Å²) in [6.45, 7) is 6.78. The van der Waals surface area contributed by atoms with E-state index in [0.29, 0.717) is 0 Å². The topological polar surface area (TPSA) is 173 Å². The largest absolute Gasteiger partial charge is 0.503 e. The summed E-state index contributed by atoms with van der Waals surface area (Å²) < 4.78 is 0. The van der Waals surface area contributed by atoms with E-state index in [1.54, 1.807) is 0 Å². The van der Waals surface area contributed by atoms with Gasteiger partial charge >= 0.3 is 18.5 Å². The quantitative estimate of drug-likeness (QED) is 0.453.